The first-order valence-corrected chi connectivity index (χ1v) is 9.99. The summed E-state index contributed by atoms with van der Waals surface area (Å²) in [5.41, 5.74) is 2.83. The molecule has 0 saturated carbocycles. The molecule has 2 amide bonds. The van der Waals surface area contributed by atoms with Gasteiger partial charge < -0.3 is 19.6 Å². The predicted octanol–water partition coefficient (Wildman–Crippen LogP) is 3.91. The maximum absolute atomic E-state index is 11.9. The minimum absolute atomic E-state index is 0.0103. The van der Waals surface area contributed by atoms with Gasteiger partial charge in [-0.15, -0.1) is 0 Å². The van der Waals surface area contributed by atoms with Crippen molar-refractivity contribution < 1.29 is 9.32 Å². The number of hydrogen-bond acceptors (Lipinski definition) is 5. The van der Waals surface area contributed by atoms with Crippen LogP contribution in [0.4, 0.5) is 10.5 Å². The van der Waals surface area contributed by atoms with E-state index in [1.807, 2.05) is 36.1 Å². The smallest absolute Gasteiger partial charge is 0.317 e. The first-order chi connectivity index (χ1) is 14.1. The van der Waals surface area contributed by atoms with Gasteiger partial charge in [0.05, 0.1) is 0 Å². The van der Waals surface area contributed by atoms with Crippen LogP contribution in [-0.2, 0) is 0 Å². The predicted molar refractivity (Wildman–Crippen MR) is 113 cm³/mol. The van der Waals surface area contributed by atoms with E-state index in [-0.39, 0.29) is 6.03 Å². The Bertz CT molecular complexity index is 963. The topological polar surface area (TPSA) is 74.5 Å². The summed E-state index contributed by atoms with van der Waals surface area (Å²) in [6.07, 6.45) is 0. The number of aromatic nitrogens is 2. The summed E-state index contributed by atoms with van der Waals surface area (Å²) < 4.78 is 5.39. The van der Waals surface area contributed by atoms with E-state index in [4.69, 9.17) is 16.1 Å². The number of nitrogens with zero attached hydrogens (tertiary/aromatic N) is 4. The molecule has 7 nitrogen and oxygen atoms in total. The average Bonchev–Trinajstić information content (AvgIpc) is 3.25. The molecule has 3 aromatic rings. The molecule has 29 heavy (non-hydrogen) atoms. The van der Waals surface area contributed by atoms with Crippen molar-refractivity contribution in [2.75, 3.05) is 37.6 Å². The van der Waals surface area contributed by atoms with E-state index in [9.17, 15) is 4.79 Å². The molecular weight excluding hydrogens is 390 g/mol. The molecule has 150 valence electrons. The van der Waals surface area contributed by atoms with Crippen molar-refractivity contribution in [2.45, 2.75) is 6.92 Å². The number of amides is 2. The zero-order chi connectivity index (χ0) is 20.2. The Morgan fingerprint density at radius 1 is 1.03 bits per heavy atom. The van der Waals surface area contributed by atoms with Crippen LogP contribution in [0.3, 0.4) is 0 Å². The number of benzene rings is 2. The molecule has 1 N–H and O–H groups in total. The van der Waals surface area contributed by atoms with Gasteiger partial charge in [-0.3, -0.25) is 0 Å². The molecule has 0 atom stereocenters. The van der Waals surface area contributed by atoms with Gasteiger partial charge in [0, 0.05) is 54.6 Å². The summed E-state index contributed by atoms with van der Waals surface area (Å²) in [5.74, 6) is 1.00. The number of carbonyl (C=O) groups excluding carboxylic acids is 1. The third kappa shape index (κ3) is 4.35. The summed E-state index contributed by atoms with van der Waals surface area (Å²) in [7, 11) is 0. The minimum atomic E-state index is 0.0103. The lowest BCUT2D eigenvalue weighted by molar-refractivity contribution is 0.195. The van der Waals surface area contributed by atoms with Crippen LogP contribution in [0.1, 0.15) is 6.92 Å². The van der Waals surface area contributed by atoms with Gasteiger partial charge in [-0.2, -0.15) is 4.98 Å². The third-order valence-electron chi connectivity index (χ3n) is 4.90. The van der Waals surface area contributed by atoms with Crippen molar-refractivity contribution in [1.29, 1.82) is 0 Å². The van der Waals surface area contributed by atoms with Gasteiger partial charge in [0.1, 0.15) is 0 Å². The number of nitrogens with one attached hydrogen (secondary N) is 1. The SMILES string of the molecule is CCNC(=O)N1CCN(c2ccc(-c3noc(-c4ccc(Cl)cc4)n3)cc2)CC1. The highest BCUT2D eigenvalue weighted by Crippen LogP contribution is 2.25. The Kier molecular flexibility index (Phi) is 5.67. The van der Waals surface area contributed by atoms with Crippen LogP contribution < -0.4 is 10.2 Å². The standard InChI is InChI=1S/C21H22ClN5O2/c1-2-23-21(28)27-13-11-26(12-14-27)18-9-5-15(6-10-18)19-24-20(29-25-19)16-3-7-17(22)8-4-16/h3-10H,2,11-14H2,1H3,(H,23,28). The van der Waals surface area contributed by atoms with Crippen LogP contribution in [-0.4, -0.2) is 53.8 Å². The van der Waals surface area contributed by atoms with Gasteiger partial charge in [0.15, 0.2) is 0 Å². The number of rotatable bonds is 4. The van der Waals surface area contributed by atoms with E-state index in [2.05, 4.69) is 32.5 Å². The molecule has 0 unspecified atom stereocenters. The Morgan fingerprint density at radius 2 is 1.69 bits per heavy atom. The fraction of sp³-hybridized carbons (Fsp3) is 0.286. The molecule has 4 rings (SSSR count). The van der Waals surface area contributed by atoms with Gasteiger partial charge in [-0.1, -0.05) is 16.8 Å². The highest BCUT2D eigenvalue weighted by Gasteiger charge is 2.21. The molecule has 1 aromatic heterocycles. The second kappa shape index (κ2) is 8.53. The van der Waals surface area contributed by atoms with Crippen molar-refractivity contribution in [3.63, 3.8) is 0 Å². The number of hydrogen-bond donors (Lipinski definition) is 1. The molecule has 1 aliphatic heterocycles. The lowest BCUT2D eigenvalue weighted by Gasteiger charge is -2.36. The quantitative estimate of drug-likeness (QED) is 0.704. The third-order valence-corrected chi connectivity index (χ3v) is 5.15. The average molecular weight is 412 g/mol. The van der Waals surface area contributed by atoms with E-state index in [1.54, 1.807) is 12.1 Å². The Balaban J connectivity index is 1.41. The fourth-order valence-corrected chi connectivity index (χ4v) is 3.43. The monoisotopic (exact) mass is 411 g/mol. The molecule has 8 heteroatoms. The zero-order valence-electron chi connectivity index (χ0n) is 16.1. The lowest BCUT2D eigenvalue weighted by atomic mass is 10.1. The maximum atomic E-state index is 11.9. The molecule has 0 spiro atoms. The molecule has 0 aliphatic carbocycles. The second-order valence-electron chi connectivity index (χ2n) is 6.79. The first kappa shape index (κ1) is 19.3. The van der Waals surface area contributed by atoms with Crippen LogP contribution in [0, 0.1) is 0 Å². The van der Waals surface area contributed by atoms with Crippen LogP contribution in [0.2, 0.25) is 5.02 Å². The Hall–Kier alpha value is -3.06. The van der Waals surface area contributed by atoms with E-state index in [0.717, 1.165) is 29.9 Å². The van der Waals surface area contributed by atoms with Crippen molar-refractivity contribution in [3.8, 4) is 22.8 Å². The summed E-state index contributed by atoms with van der Waals surface area (Å²) in [5, 5.41) is 7.60. The Labute approximate surface area is 174 Å². The van der Waals surface area contributed by atoms with Crippen LogP contribution in [0.15, 0.2) is 53.1 Å². The maximum Gasteiger partial charge on any atom is 0.317 e. The highest BCUT2D eigenvalue weighted by molar-refractivity contribution is 6.30. The Morgan fingerprint density at radius 3 is 2.34 bits per heavy atom. The normalized spacial score (nSPS) is 14.1. The molecule has 1 fully saturated rings. The van der Waals surface area contributed by atoms with E-state index < -0.39 is 0 Å². The van der Waals surface area contributed by atoms with Crippen LogP contribution in [0.25, 0.3) is 22.8 Å². The minimum Gasteiger partial charge on any atom is -0.368 e. The number of anilines is 1. The van der Waals surface area contributed by atoms with Gasteiger partial charge in [-0.25, -0.2) is 4.79 Å². The number of carbonyl (C=O) groups is 1. The van der Waals surface area contributed by atoms with E-state index >= 15 is 0 Å². The van der Waals surface area contributed by atoms with Gasteiger partial charge >= 0.3 is 6.03 Å². The molecule has 0 radical (unpaired) electrons. The van der Waals surface area contributed by atoms with Crippen LogP contribution in [0.5, 0.6) is 0 Å². The number of piperazine rings is 1. The van der Waals surface area contributed by atoms with Crippen molar-refractivity contribution in [3.05, 3.63) is 53.6 Å². The first-order valence-electron chi connectivity index (χ1n) is 9.62. The summed E-state index contributed by atoms with van der Waals surface area (Å²) in [6, 6.07) is 15.4. The van der Waals surface area contributed by atoms with E-state index in [1.165, 1.54) is 0 Å². The van der Waals surface area contributed by atoms with Gasteiger partial charge in [0.2, 0.25) is 5.82 Å². The van der Waals surface area contributed by atoms with Crippen molar-refractivity contribution in [2.24, 2.45) is 0 Å². The van der Waals surface area contributed by atoms with Gasteiger partial charge in [0.25, 0.3) is 5.89 Å². The van der Waals surface area contributed by atoms with Crippen molar-refractivity contribution >= 4 is 23.3 Å². The van der Waals surface area contributed by atoms with Gasteiger partial charge in [-0.05, 0) is 55.5 Å². The van der Waals surface area contributed by atoms with E-state index in [0.29, 0.717) is 36.4 Å². The number of halogens is 1. The summed E-state index contributed by atoms with van der Waals surface area (Å²) in [6.45, 7) is 5.61. The fourth-order valence-electron chi connectivity index (χ4n) is 3.30. The molecule has 1 aliphatic rings. The van der Waals surface area contributed by atoms with Crippen LogP contribution >= 0.6 is 11.6 Å². The largest absolute Gasteiger partial charge is 0.368 e. The second-order valence-corrected chi connectivity index (χ2v) is 7.22. The molecule has 2 aromatic carbocycles. The zero-order valence-corrected chi connectivity index (χ0v) is 16.9. The lowest BCUT2D eigenvalue weighted by Crippen LogP contribution is -2.51. The molecule has 2 heterocycles. The highest BCUT2D eigenvalue weighted by atomic mass is 35.5. The van der Waals surface area contributed by atoms with Crippen molar-refractivity contribution in [1.82, 2.24) is 20.4 Å². The molecule has 1 saturated heterocycles. The number of urea groups is 1. The molecular formula is C21H22ClN5O2. The summed E-state index contributed by atoms with van der Waals surface area (Å²) in [4.78, 5) is 20.5. The summed E-state index contributed by atoms with van der Waals surface area (Å²) >= 11 is 5.92. The molecule has 0 bridgehead atoms.